The zero-order chi connectivity index (χ0) is 25.2. The largest absolute Gasteiger partial charge is 0.469 e. The van der Waals surface area contributed by atoms with E-state index in [1.54, 1.807) is 20.8 Å². The molecule has 0 saturated carbocycles. The van der Waals surface area contributed by atoms with Gasteiger partial charge in [-0.1, -0.05) is 24.8 Å². The van der Waals surface area contributed by atoms with E-state index in [1.165, 1.54) is 18.0 Å². The molecule has 186 valence electrons. The molecule has 1 aromatic heterocycles. The van der Waals surface area contributed by atoms with Gasteiger partial charge < -0.3 is 29.3 Å². The van der Waals surface area contributed by atoms with Crippen molar-refractivity contribution in [2.45, 2.75) is 71.6 Å². The van der Waals surface area contributed by atoms with E-state index >= 15 is 0 Å². The number of esters is 1. The number of anilines is 1. The number of aromatic nitrogens is 2. The fourth-order valence-corrected chi connectivity index (χ4v) is 3.03. The van der Waals surface area contributed by atoms with Crippen LogP contribution in [0.25, 0.3) is 0 Å². The summed E-state index contributed by atoms with van der Waals surface area (Å²) in [7, 11) is -0.0586. The summed E-state index contributed by atoms with van der Waals surface area (Å²) in [6, 6.07) is 0.960. The lowest BCUT2D eigenvalue weighted by Crippen LogP contribution is -2.29. The Hall–Kier alpha value is -2.93. The van der Waals surface area contributed by atoms with Gasteiger partial charge in [0.1, 0.15) is 18.0 Å². The maximum absolute atomic E-state index is 12.2. The van der Waals surface area contributed by atoms with Crippen LogP contribution in [0.15, 0.2) is 11.5 Å². The number of carbonyl (C=O) groups excluding carboxylic acids is 3. The summed E-state index contributed by atoms with van der Waals surface area (Å²) in [6.07, 6.45) is 0.291. The number of imidazole rings is 1. The van der Waals surface area contributed by atoms with Crippen LogP contribution in [0.5, 0.6) is 0 Å². The van der Waals surface area contributed by atoms with Gasteiger partial charge in [0, 0.05) is 14.7 Å². The number of hydrogen-bond acceptors (Lipinski definition) is 9. The van der Waals surface area contributed by atoms with Crippen LogP contribution in [0, 0.1) is 0 Å². The molecule has 12 nitrogen and oxygen atoms in total. The molecule has 0 unspecified atom stereocenters. The molecule has 1 aromatic rings. The van der Waals surface area contributed by atoms with Crippen molar-refractivity contribution >= 4 is 37.8 Å². The molecule has 1 heterocycles. The van der Waals surface area contributed by atoms with Crippen molar-refractivity contribution in [2.24, 2.45) is 10.9 Å². The molecule has 13 heteroatoms. The van der Waals surface area contributed by atoms with Crippen LogP contribution in [-0.4, -0.2) is 60.8 Å². The summed E-state index contributed by atoms with van der Waals surface area (Å²) in [4.78, 5) is 44.1. The Morgan fingerprint density at radius 1 is 1.18 bits per heavy atom. The summed E-state index contributed by atoms with van der Waals surface area (Å²) in [5.41, 5.74) is 5.48. The lowest BCUT2D eigenvalue weighted by molar-refractivity contribution is -0.148. The molecular weight excluding hydrogens is 450 g/mol. The van der Waals surface area contributed by atoms with Crippen LogP contribution in [0.1, 0.15) is 39.3 Å². The second-order valence-electron chi connectivity index (χ2n) is 9.40. The number of nitrogens with zero attached hydrogens (tertiary/aromatic N) is 3. The average molecular weight is 486 g/mol. The van der Waals surface area contributed by atoms with Crippen LogP contribution >= 0.6 is 0 Å². The minimum atomic E-state index is -1.28. The summed E-state index contributed by atoms with van der Waals surface area (Å²) in [5.74, 6) is -1.49. The van der Waals surface area contributed by atoms with E-state index in [0.29, 0.717) is 6.61 Å². The smallest absolute Gasteiger partial charge is 0.413 e. The summed E-state index contributed by atoms with van der Waals surface area (Å²) in [5, 5.41) is 6.15. The summed E-state index contributed by atoms with van der Waals surface area (Å²) in [6.45, 7) is 12.5. The van der Waals surface area contributed by atoms with E-state index in [0.717, 1.165) is 6.04 Å². The number of methoxy groups -OCH3 is 1. The van der Waals surface area contributed by atoms with Crippen LogP contribution in [-0.2, 0) is 35.4 Å². The van der Waals surface area contributed by atoms with Gasteiger partial charge in [0.2, 0.25) is 0 Å². The number of ether oxygens (including phenoxy) is 3. The van der Waals surface area contributed by atoms with Gasteiger partial charge in [-0.25, -0.2) is 14.6 Å². The van der Waals surface area contributed by atoms with Crippen molar-refractivity contribution < 1.29 is 33.4 Å². The van der Waals surface area contributed by atoms with Crippen molar-refractivity contribution in [3.8, 4) is 0 Å². The predicted molar refractivity (Wildman–Crippen MR) is 124 cm³/mol. The van der Waals surface area contributed by atoms with Crippen molar-refractivity contribution in [3.05, 3.63) is 12.0 Å². The van der Waals surface area contributed by atoms with Gasteiger partial charge in [-0.05, 0) is 26.8 Å². The minimum absolute atomic E-state index is 0.0601. The number of rotatable bonds is 11. The number of amides is 1. The molecule has 0 atom stereocenters. The maximum atomic E-state index is 12.2. The number of nitrogens with two attached hydrogens (primary N) is 1. The van der Waals surface area contributed by atoms with Crippen LogP contribution < -0.4 is 11.1 Å². The highest BCUT2D eigenvalue weighted by molar-refractivity contribution is 6.76. The molecule has 0 saturated heterocycles. The predicted octanol–water partition coefficient (Wildman–Crippen LogP) is 2.66. The fraction of sp³-hybridized carbons (Fsp3) is 0.650. The molecule has 1 rings (SSSR count). The lowest BCUT2D eigenvalue weighted by Gasteiger charge is -2.19. The highest BCUT2D eigenvalue weighted by Gasteiger charge is 2.22. The standard InChI is InChI=1S/C20H35N5O7Si/c1-20(2,3)31-19(28)23-18-16(17(21)24-32-15(27)9-8-14(26)29-4)25(12-22-18)13-30-10-11-33(5,6)7/h12H,8-11,13H2,1-7H3,(H2,21,24)(H,23,28). The topological polar surface area (TPSA) is 156 Å². The van der Waals surface area contributed by atoms with Crippen molar-refractivity contribution in [3.63, 3.8) is 0 Å². The van der Waals surface area contributed by atoms with E-state index in [1.807, 2.05) is 0 Å². The third kappa shape index (κ3) is 11.5. The Morgan fingerprint density at radius 3 is 2.39 bits per heavy atom. The molecule has 0 fully saturated rings. The summed E-state index contributed by atoms with van der Waals surface area (Å²) >= 11 is 0. The van der Waals surface area contributed by atoms with E-state index in [-0.39, 0.29) is 36.9 Å². The molecule has 0 bridgehead atoms. The number of nitrogens with one attached hydrogen (secondary N) is 1. The minimum Gasteiger partial charge on any atom is -0.469 e. The Kier molecular flexibility index (Phi) is 10.5. The third-order valence-electron chi connectivity index (χ3n) is 3.93. The molecule has 3 N–H and O–H groups in total. The van der Waals surface area contributed by atoms with Crippen molar-refractivity contribution in [2.75, 3.05) is 19.0 Å². The van der Waals surface area contributed by atoms with E-state index in [9.17, 15) is 14.4 Å². The monoisotopic (exact) mass is 485 g/mol. The van der Waals surface area contributed by atoms with Crippen LogP contribution in [0.2, 0.25) is 25.7 Å². The number of carbonyl (C=O) groups is 3. The molecule has 0 spiro atoms. The third-order valence-corrected chi connectivity index (χ3v) is 5.64. The molecule has 0 aliphatic carbocycles. The van der Waals surface area contributed by atoms with Crippen LogP contribution in [0.4, 0.5) is 10.6 Å². The van der Waals surface area contributed by atoms with Gasteiger partial charge in [-0.2, -0.15) is 0 Å². The molecule has 33 heavy (non-hydrogen) atoms. The first-order chi connectivity index (χ1) is 15.2. The quantitative estimate of drug-likeness (QED) is 0.0914. The molecule has 0 aliphatic heterocycles. The van der Waals surface area contributed by atoms with Gasteiger partial charge in [-0.15, -0.1) is 0 Å². The van der Waals surface area contributed by atoms with Crippen LogP contribution in [0.3, 0.4) is 0 Å². The molecule has 0 radical (unpaired) electrons. The first-order valence-corrected chi connectivity index (χ1v) is 14.2. The zero-order valence-corrected chi connectivity index (χ0v) is 21.4. The highest BCUT2D eigenvalue weighted by Crippen LogP contribution is 2.17. The average Bonchev–Trinajstić information content (AvgIpc) is 3.07. The maximum Gasteiger partial charge on any atom is 0.413 e. The van der Waals surface area contributed by atoms with Gasteiger partial charge in [0.15, 0.2) is 11.7 Å². The van der Waals surface area contributed by atoms with Gasteiger partial charge >= 0.3 is 18.0 Å². The van der Waals surface area contributed by atoms with Gasteiger partial charge in [0.25, 0.3) is 0 Å². The highest BCUT2D eigenvalue weighted by atomic mass is 28.3. The Morgan fingerprint density at radius 2 is 1.82 bits per heavy atom. The second kappa shape index (κ2) is 12.3. The lowest BCUT2D eigenvalue weighted by atomic mass is 10.2. The first kappa shape index (κ1) is 28.1. The van der Waals surface area contributed by atoms with Crippen molar-refractivity contribution in [1.29, 1.82) is 0 Å². The SMILES string of the molecule is COC(=O)CCC(=O)ON=C(N)c1c(NC(=O)OC(C)(C)C)ncn1COCC[Si](C)(C)C. The normalized spacial score (nSPS) is 12.3. The van der Waals surface area contributed by atoms with E-state index in [4.69, 9.17) is 20.0 Å². The summed E-state index contributed by atoms with van der Waals surface area (Å²) < 4.78 is 17.0. The zero-order valence-electron chi connectivity index (χ0n) is 20.4. The fourth-order valence-electron chi connectivity index (χ4n) is 2.28. The Labute approximate surface area is 194 Å². The number of oxime groups is 1. The molecule has 1 amide bonds. The van der Waals surface area contributed by atoms with Gasteiger partial charge in [-0.3, -0.25) is 10.1 Å². The molecular formula is C20H35N5O7Si. The van der Waals surface area contributed by atoms with E-state index in [2.05, 4.69) is 39.8 Å². The first-order valence-electron chi connectivity index (χ1n) is 10.4. The molecule has 0 aromatic carbocycles. The van der Waals surface area contributed by atoms with Gasteiger partial charge in [0.05, 0.1) is 26.3 Å². The van der Waals surface area contributed by atoms with Crippen molar-refractivity contribution in [1.82, 2.24) is 9.55 Å². The number of hydrogen-bond donors (Lipinski definition) is 2. The number of amidine groups is 1. The second-order valence-corrected chi connectivity index (χ2v) is 15.0. The Bertz CT molecular complexity index is 856. The Balaban J connectivity index is 2.99. The molecule has 0 aliphatic rings. The van der Waals surface area contributed by atoms with E-state index < -0.39 is 31.7 Å².